The van der Waals surface area contributed by atoms with Gasteiger partial charge in [-0.1, -0.05) is 29.3 Å². The van der Waals surface area contributed by atoms with Crippen LogP contribution in [0.5, 0.6) is 0 Å². The van der Waals surface area contributed by atoms with Crippen molar-refractivity contribution in [3.05, 3.63) is 28.2 Å². The highest BCUT2D eigenvalue weighted by molar-refractivity contribution is 8.93. The molecule has 29 heavy (non-hydrogen) atoms. The normalized spacial score (nSPS) is 25.7. The molecule has 1 aromatic carbocycles. The third-order valence-electron chi connectivity index (χ3n) is 6.74. The summed E-state index contributed by atoms with van der Waals surface area (Å²) < 4.78 is 0. The molecular formula is C21H33BrCl2N4O. The molecule has 0 bridgehead atoms. The molecule has 2 fully saturated rings. The van der Waals surface area contributed by atoms with Crippen LogP contribution in [0.2, 0.25) is 10.0 Å². The topological polar surface area (TPSA) is 52.8 Å². The fraction of sp³-hybridized carbons (Fsp3) is 0.667. The number of nitrogens with two attached hydrogens (primary N) is 1. The van der Waals surface area contributed by atoms with E-state index in [0.29, 0.717) is 16.0 Å². The summed E-state index contributed by atoms with van der Waals surface area (Å²) in [6, 6.07) is 5.83. The molecule has 0 radical (unpaired) electrons. The van der Waals surface area contributed by atoms with Crippen molar-refractivity contribution in [3.8, 4) is 0 Å². The number of hydrogen-bond donors (Lipinski definition) is 1. The molecule has 1 aromatic rings. The average molecular weight is 508 g/mol. The van der Waals surface area contributed by atoms with E-state index in [4.69, 9.17) is 28.9 Å². The van der Waals surface area contributed by atoms with Crippen LogP contribution in [0.3, 0.4) is 0 Å². The minimum Gasteiger partial charge on any atom is -0.368 e. The summed E-state index contributed by atoms with van der Waals surface area (Å²) in [5, 5.41) is 1.27. The van der Waals surface area contributed by atoms with Gasteiger partial charge in [0.1, 0.15) is 0 Å². The Morgan fingerprint density at radius 1 is 1.17 bits per heavy atom. The van der Waals surface area contributed by atoms with Crippen LogP contribution in [0.15, 0.2) is 18.2 Å². The largest absolute Gasteiger partial charge is 0.368 e. The van der Waals surface area contributed by atoms with Crippen molar-refractivity contribution >= 4 is 51.8 Å². The molecule has 2 aliphatic rings. The van der Waals surface area contributed by atoms with Crippen LogP contribution in [-0.4, -0.2) is 68.1 Å². The molecule has 8 heteroatoms. The van der Waals surface area contributed by atoms with E-state index >= 15 is 0 Å². The van der Waals surface area contributed by atoms with Crippen LogP contribution < -0.4 is 10.6 Å². The molecule has 3 rings (SSSR count). The summed E-state index contributed by atoms with van der Waals surface area (Å²) in [5.74, 6) is 0.513. The van der Waals surface area contributed by atoms with Gasteiger partial charge in [0, 0.05) is 26.2 Å². The Bertz CT molecular complexity index is 687. The van der Waals surface area contributed by atoms with Crippen LogP contribution in [-0.2, 0) is 4.79 Å². The molecule has 1 aliphatic carbocycles. The number of likely N-dealkylation sites (N-methyl/N-ethyl adjacent to an activating group) is 1. The smallest absolute Gasteiger partial charge is 0.237 e. The molecular weight excluding hydrogens is 475 g/mol. The van der Waals surface area contributed by atoms with Gasteiger partial charge in [0.2, 0.25) is 5.91 Å². The summed E-state index contributed by atoms with van der Waals surface area (Å²) in [7, 11) is 3.94. The zero-order valence-electron chi connectivity index (χ0n) is 17.4. The number of carbonyl (C=O) groups is 1. The van der Waals surface area contributed by atoms with Crippen LogP contribution in [0.4, 0.5) is 5.69 Å². The van der Waals surface area contributed by atoms with Crippen molar-refractivity contribution < 1.29 is 4.79 Å². The van der Waals surface area contributed by atoms with Crippen LogP contribution in [0.1, 0.15) is 32.1 Å². The van der Waals surface area contributed by atoms with Gasteiger partial charge >= 0.3 is 0 Å². The minimum atomic E-state index is -0.446. The van der Waals surface area contributed by atoms with Gasteiger partial charge in [0.15, 0.2) is 0 Å². The summed E-state index contributed by atoms with van der Waals surface area (Å²) in [4.78, 5) is 18.9. The Balaban J connectivity index is 0.00000300. The van der Waals surface area contributed by atoms with E-state index in [0.717, 1.165) is 64.1 Å². The number of amides is 1. The fourth-order valence-corrected chi connectivity index (χ4v) is 5.09. The van der Waals surface area contributed by atoms with Gasteiger partial charge in [0.25, 0.3) is 0 Å². The lowest BCUT2D eigenvalue weighted by atomic mass is 9.74. The molecule has 1 heterocycles. The number of nitrogens with zero attached hydrogens (tertiary/aromatic N) is 3. The number of piperazine rings is 1. The third kappa shape index (κ3) is 5.59. The molecule has 164 valence electrons. The van der Waals surface area contributed by atoms with Gasteiger partial charge in [-0.25, -0.2) is 0 Å². The first-order valence-corrected chi connectivity index (χ1v) is 11.0. The highest BCUT2D eigenvalue weighted by Gasteiger charge is 2.42. The maximum Gasteiger partial charge on any atom is 0.237 e. The molecule has 1 aliphatic heterocycles. The van der Waals surface area contributed by atoms with Gasteiger partial charge in [-0.2, -0.15) is 0 Å². The molecule has 0 spiro atoms. The number of hydrogen-bond acceptors (Lipinski definition) is 4. The van der Waals surface area contributed by atoms with Gasteiger partial charge in [-0.3, -0.25) is 14.6 Å². The monoisotopic (exact) mass is 506 g/mol. The lowest BCUT2D eigenvalue weighted by Gasteiger charge is -2.43. The standard InChI is InChI=1S/C21H32Cl2N4O.BrH/c1-25(2)21(20(24)28)9-6-16(7-10-21)8-11-26-12-14-27(15-13-26)18-5-3-4-17(22)19(18)23;/h3-5,16H,6-15H2,1-2H3,(H2,24,28);1H. The maximum atomic E-state index is 12.0. The molecule has 0 atom stereocenters. The lowest BCUT2D eigenvalue weighted by Crippen LogP contribution is -2.56. The zero-order chi connectivity index (χ0) is 20.3. The fourth-order valence-electron chi connectivity index (χ4n) is 4.67. The maximum absolute atomic E-state index is 12.0. The molecule has 2 N–H and O–H groups in total. The quantitative estimate of drug-likeness (QED) is 0.630. The Hall–Kier alpha value is -0.530. The highest BCUT2D eigenvalue weighted by Crippen LogP contribution is 2.37. The van der Waals surface area contributed by atoms with Crippen molar-refractivity contribution in [2.75, 3.05) is 51.7 Å². The third-order valence-corrected chi connectivity index (χ3v) is 7.55. The first-order valence-electron chi connectivity index (χ1n) is 10.2. The molecule has 5 nitrogen and oxygen atoms in total. The average Bonchev–Trinajstić information content (AvgIpc) is 2.69. The number of anilines is 1. The van der Waals surface area contributed by atoms with Crippen molar-refractivity contribution in [1.29, 1.82) is 0 Å². The number of benzene rings is 1. The van der Waals surface area contributed by atoms with Crippen molar-refractivity contribution in [3.63, 3.8) is 0 Å². The highest BCUT2D eigenvalue weighted by atomic mass is 79.9. The molecule has 0 aromatic heterocycles. The zero-order valence-corrected chi connectivity index (χ0v) is 20.6. The van der Waals surface area contributed by atoms with Gasteiger partial charge in [-0.15, -0.1) is 17.0 Å². The van der Waals surface area contributed by atoms with Gasteiger partial charge < -0.3 is 10.6 Å². The number of primary amides is 1. The number of rotatable bonds is 6. The minimum absolute atomic E-state index is 0. The van der Waals surface area contributed by atoms with Crippen LogP contribution in [0.25, 0.3) is 0 Å². The molecule has 1 amide bonds. The van der Waals surface area contributed by atoms with E-state index in [2.05, 4.69) is 9.80 Å². The van der Waals surface area contributed by atoms with Crippen LogP contribution >= 0.6 is 40.2 Å². The number of halogens is 3. The SMILES string of the molecule is Br.CN(C)C1(C(N)=O)CCC(CCN2CCN(c3cccc(Cl)c3Cl)CC2)CC1. The predicted molar refractivity (Wildman–Crippen MR) is 128 cm³/mol. The predicted octanol–water partition coefficient (Wildman–Crippen LogP) is 4.06. The van der Waals surface area contributed by atoms with E-state index < -0.39 is 5.54 Å². The molecule has 1 saturated carbocycles. The van der Waals surface area contributed by atoms with Crippen molar-refractivity contribution in [2.24, 2.45) is 11.7 Å². The second-order valence-corrected chi connectivity index (χ2v) is 9.21. The summed E-state index contributed by atoms with van der Waals surface area (Å²) in [5.41, 5.74) is 6.30. The summed E-state index contributed by atoms with van der Waals surface area (Å²) in [6.07, 6.45) is 5.11. The first-order chi connectivity index (χ1) is 13.3. The second-order valence-electron chi connectivity index (χ2n) is 8.42. The van der Waals surface area contributed by atoms with Gasteiger partial charge in [0.05, 0.1) is 21.3 Å². The lowest BCUT2D eigenvalue weighted by molar-refractivity contribution is -0.131. The second kappa shape index (κ2) is 10.7. The van der Waals surface area contributed by atoms with Crippen molar-refractivity contribution in [2.45, 2.75) is 37.6 Å². The van der Waals surface area contributed by atoms with E-state index in [1.165, 1.54) is 6.42 Å². The Labute approximate surface area is 195 Å². The van der Waals surface area contributed by atoms with E-state index in [1.54, 1.807) is 0 Å². The van der Waals surface area contributed by atoms with E-state index in [9.17, 15) is 4.79 Å². The molecule has 0 unspecified atom stereocenters. The van der Waals surface area contributed by atoms with E-state index in [1.807, 2.05) is 37.2 Å². The van der Waals surface area contributed by atoms with Crippen LogP contribution in [0, 0.1) is 5.92 Å². The Kier molecular flexibility index (Phi) is 9.10. The van der Waals surface area contributed by atoms with E-state index in [-0.39, 0.29) is 22.9 Å². The Morgan fingerprint density at radius 2 is 1.79 bits per heavy atom. The van der Waals surface area contributed by atoms with Crippen molar-refractivity contribution in [1.82, 2.24) is 9.80 Å². The summed E-state index contributed by atoms with van der Waals surface area (Å²) in [6.45, 7) is 5.14. The number of carbonyl (C=O) groups excluding carboxylic acids is 1. The van der Waals surface area contributed by atoms with Gasteiger partial charge in [-0.05, 0) is 70.8 Å². The first kappa shape index (κ1) is 24.7. The molecule has 1 saturated heterocycles. The summed E-state index contributed by atoms with van der Waals surface area (Å²) >= 11 is 12.5. The Morgan fingerprint density at radius 3 is 2.34 bits per heavy atom.